The van der Waals surface area contributed by atoms with E-state index in [9.17, 15) is 9.59 Å². The van der Waals surface area contributed by atoms with E-state index in [-0.39, 0.29) is 18.4 Å². The van der Waals surface area contributed by atoms with Crippen LogP contribution in [0.2, 0.25) is 0 Å². The molecule has 1 aliphatic carbocycles. The lowest BCUT2D eigenvalue weighted by Gasteiger charge is -2.17. The minimum Gasteiger partial charge on any atom is -0.496 e. The van der Waals surface area contributed by atoms with Crippen LogP contribution in [0.1, 0.15) is 24.8 Å². The van der Waals surface area contributed by atoms with Crippen LogP contribution in [-0.2, 0) is 16.1 Å². The first kappa shape index (κ1) is 17.9. The van der Waals surface area contributed by atoms with Crippen molar-refractivity contribution in [2.24, 2.45) is 11.8 Å². The Morgan fingerprint density at radius 3 is 2.12 bits per heavy atom. The first-order valence-electron chi connectivity index (χ1n) is 7.79. The van der Waals surface area contributed by atoms with Gasteiger partial charge in [0.25, 0.3) is 0 Å². The van der Waals surface area contributed by atoms with Crippen LogP contribution < -0.4 is 19.5 Å². The Hall–Kier alpha value is -2.44. The van der Waals surface area contributed by atoms with Crippen molar-refractivity contribution in [2.75, 3.05) is 21.3 Å². The number of ether oxygens (including phenoxy) is 3. The molecule has 132 valence electrons. The largest absolute Gasteiger partial charge is 0.496 e. The third-order valence-electron chi connectivity index (χ3n) is 4.41. The molecule has 0 aromatic heterocycles. The first-order valence-corrected chi connectivity index (χ1v) is 7.79. The monoisotopic (exact) mass is 337 g/mol. The number of aliphatic carboxylic acids is 1. The average Bonchev–Trinajstić information content (AvgIpc) is 3.09. The predicted octanol–water partition coefficient (Wildman–Crippen LogP) is 1.83. The Labute approximate surface area is 140 Å². The molecule has 2 atom stereocenters. The Balaban J connectivity index is 2.06. The Bertz CT molecular complexity index is 590. The standard InChI is InChI=1S/C17H23NO6/c1-22-12-7-14(23-2)13(15(8-12)24-3)9-18-16(19)10-4-5-11(6-10)17(20)21/h7-8,10-11H,4-6,9H2,1-3H3,(H,18,19)(H,20,21)/t10-,11+/m1/s1. The van der Waals surface area contributed by atoms with Crippen molar-refractivity contribution >= 4 is 11.9 Å². The zero-order chi connectivity index (χ0) is 17.7. The Kier molecular flexibility index (Phi) is 5.89. The molecule has 1 amide bonds. The van der Waals surface area contributed by atoms with E-state index in [0.717, 1.165) is 0 Å². The Morgan fingerprint density at radius 1 is 1.08 bits per heavy atom. The van der Waals surface area contributed by atoms with Crippen LogP contribution in [0.25, 0.3) is 0 Å². The Morgan fingerprint density at radius 2 is 1.67 bits per heavy atom. The summed E-state index contributed by atoms with van der Waals surface area (Å²) in [6.45, 7) is 0.239. The predicted molar refractivity (Wildman–Crippen MR) is 86.4 cm³/mol. The summed E-state index contributed by atoms with van der Waals surface area (Å²) in [5.41, 5.74) is 0.710. The van der Waals surface area contributed by atoms with Gasteiger partial charge in [-0.1, -0.05) is 0 Å². The van der Waals surface area contributed by atoms with Crippen molar-refractivity contribution in [3.63, 3.8) is 0 Å². The van der Waals surface area contributed by atoms with E-state index in [1.165, 1.54) is 14.2 Å². The van der Waals surface area contributed by atoms with Crippen molar-refractivity contribution in [1.29, 1.82) is 0 Å². The number of hydrogen-bond donors (Lipinski definition) is 2. The van der Waals surface area contributed by atoms with Crippen molar-refractivity contribution in [3.05, 3.63) is 17.7 Å². The van der Waals surface area contributed by atoms with Gasteiger partial charge in [0.2, 0.25) is 5.91 Å². The van der Waals surface area contributed by atoms with Gasteiger partial charge in [0.15, 0.2) is 0 Å². The molecular weight excluding hydrogens is 314 g/mol. The highest BCUT2D eigenvalue weighted by Gasteiger charge is 2.33. The highest BCUT2D eigenvalue weighted by Crippen LogP contribution is 2.35. The van der Waals surface area contributed by atoms with Crippen LogP contribution in [0.15, 0.2) is 12.1 Å². The van der Waals surface area contributed by atoms with Crippen molar-refractivity contribution in [3.8, 4) is 17.2 Å². The van der Waals surface area contributed by atoms with E-state index in [1.54, 1.807) is 19.2 Å². The molecule has 1 fully saturated rings. The molecule has 0 radical (unpaired) electrons. The topological polar surface area (TPSA) is 94.1 Å². The maximum absolute atomic E-state index is 12.3. The summed E-state index contributed by atoms with van der Waals surface area (Å²) >= 11 is 0. The maximum atomic E-state index is 12.3. The molecule has 1 aliphatic rings. The van der Waals surface area contributed by atoms with Gasteiger partial charge in [-0.05, 0) is 19.3 Å². The van der Waals surface area contributed by atoms with E-state index in [1.807, 2.05) is 0 Å². The molecule has 1 aromatic carbocycles. The highest BCUT2D eigenvalue weighted by atomic mass is 16.5. The van der Waals surface area contributed by atoms with Gasteiger partial charge >= 0.3 is 5.97 Å². The van der Waals surface area contributed by atoms with Gasteiger partial charge in [-0.3, -0.25) is 9.59 Å². The van der Waals surface area contributed by atoms with Gasteiger partial charge in [-0.15, -0.1) is 0 Å². The van der Waals surface area contributed by atoms with Crippen LogP contribution >= 0.6 is 0 Å². The number of carboxylic acid groups (broad SMARTS) is 1. The van der Waals surface area contributed by atoms with Gasteiger partial charge in [0.05, 0.1) is 39.4 Å². The van der Waals surface area contributed by atoms with Gasteiger partial charge in [0.1, 0.15) is 17.2 Å². The highest BCUT2D eigenvalue weighted by molar-refractivity contribution is 5.81. The van der Waals surface area contributed by atoms with Gasteiger partial charge in [-0.25, -0.2) is 0 Å². The number of methoxy groups -OCH3 is 3. The van der Waals surface area contributed by atoms with E-state index in [0.29, 0.717) is 42.1 Å². The number of carboxylic acids is 1. The van der Waals surface area contributed by atoms with Gasteiger partial charge < -0.3 is 24.6 Å². The van der Waals surface area contributed by atoms with Crippen LogP contribution in [-0.4, -0.2) is 38.3 Å². The molecule has 2 N–H and O–H groups in total. The normalized spacial score (nSPS) is 19.6. The molecule has 2 rings (SSSR count). The second kappa shape index (κ2) is 7.90. The summed E-state index contributed by atoms with van der Waals surface area (Å²) in [6.07, 6.45) is 1.53. The molecule has 7 heteroatoms. The number of benzene rings is 1. The zero-order valence-electron chi connectivity index (χ0n) is 14.1. The fraction of sp³-hybridized carbons (Fsp3) is 0.529. The number of rotatable bonds is 7. The molecule has 1 saturated carbocycles. The maximum Gasteiger partial charge on any atom is 0.306 e. The zero-order valence-corrected chi connectivity index (χ0v) is 14.1. The van der Waals surface area contributed by atoms with Crippen molar-refractivity contribution < 1.29 is 28.9 Å². The number of carbonyl (C=O) groups is 2. The average molecular weight is 337 g/mol. The molecule has 0 unspecified atom stereocenters. The molecule has 0 bridgehead atoms. The molecule has 0 saturated heterocycles. The molecule has 0 spiro atoms. The SMILES string of the molecule is COc1cc(OC)c(CNC(=O)[C@@H]2CC[C@H](C(=O)O)C2)c(OC)c1. The third-order valence-corrected chi connectivity index (χ3v) is 4.41. The van der Waals surface area contributed by atoms with Crippen LogP contribution in [0.4, 0.5) is 0 Å². The minimum absolute atomic E-state index is 0.140. The molecule has 7 nitrogen and oxygen atoms in total. The second-order valence-corrected chi connectivity index (χ2v) is 5.77. The van der Waals surface area contributed by atoms with Crippen LogP contribution in [0.5, 0.6) is 17.2 Å². The third kappa shape index (κ3) is 3.90. The number of nitrogens with one attached hydrogen (secondary N) is 1. The lowest BCUT2D eigenvalue weighted by molar-refractivity contribution is -0.141. The van der Waals surface area contributed by atoms with E-state index in [4.69, 9.17) is 19.3 Å². The quantitative estimate of drug-likeness (QED) is 0.788. The van der Waals surface area contributed by atoms with Gasteiger partial charge in [-0.2, -0.15) is 0 Å². The summed E-state index contributed by atoms with van der Waals surface area (Å²) in [6, 6.07) is 3.44. The lowest BCUT2D eigenvalue weighted by Crippen LogP contribution is -2.29. The smallest absolute Gasteiger partial charge is 0.306 e. The fourth-order valence-corrected chi connectivity index (χ4v) is 3.02. The molecule has 0 heterocycles. The summed E-state index contributed by atoms with van der Waals surface area (Å²) < 4.78 is 15.9. The molecular formula is C17H23NO6. The van der Waals surface area contributed by atoms with E-state index in [2.05, 4.69) is 5.32 Å². The lowest BCUT2D eigenvalue weighted by atomic mass is 10.0. The summed E-state index contributed by atoms with van der Waals surface area (Å²) in [5, 5.41) is 11.9. The molecule has 0 aliphatic heterocycles. The van der Waals surface area contributed by atoms with E-state index < -0.39 is 11.9 Å². The van der Waals surface area contributed by atoms with Crippen molar-refractivity contribution in [1.82, 2.24) is 5.32 Å². The first-order chi connectivity index (χ1) is 11.5. The second-order valence-electron chi connectivity index (χ2n) is 5.77. The van der Waals surface area contributed by atoms with Crippen LogP contribution in [0, 0.1) is 11.8 Å². The van der Waals surface area contributed by atoms with Gasteiger partial charge in [0, 0.05) is 18.1 Å². The number of carbonyl (C=O) groups excluding carboxylic acids is 1. The molecule has 1 aromatic rings. The van der Waals surface area contributed by atoms with Crippen molar-refractivity contribution in [2.45, 2.75) is 25.8 Å². The van der Waals surface area contributed by atoms with Crippen LogP contribution in [0.3, 0.4) is 0 Å². The summed E-state index contributed by atoms with van der Waals surface area (Å²) in [7, 11) is 4.62. The minimum atomic E-state index is -0.830. The van der Waals surface area contributed by atoms with E-state index >= 15 is 0 Å². The summed E-state index contributed by atoms with van der Waals surface area (Å²) in [5.74, 6) is 0.0520. The number of hydrogen-bond acceptors (Lipinski definition) is 5. The fourth-order valence-electron chi connectivity index (χ4n) is 3.02. The molecule has 24 heavy (non-hydrogen) atoms. The number of amides is 1. The summed E-state index contributed by atoms with van der Waals surface area (Å²) in [4.78, 5) is 23.3.